The first-order valence-electron chi connectivity index (χ1n) is 4.22. The first-order valence-corrected chi connectivity index (χ1v) is 5.56. The second-order valence-corrected chi connectivity index (χ2v) is 3.49. The van der Waals surface area contributed by atoms with Crippen LogP contribution in [-0.2, 0) is 31.5 Å². The third-order valence-corrected chi connectivity index (χ3v) is 1.32. The van der Waals surface area contributed by atoms with Crippen LogP contribution in [0.5, 0.6) is 5.75 Å². The molecule has 0 saturated carbocycles. The third kappa shape index (κ3) is 15.3. The Morgan fingerprint density at radius 2 is 1.88 bits per heavy atom. The molecule has 1 rings (SSSR count). The van der Waals surface area contributed by atoms with Crippen LogP contribution in [0.25, 0.3) is 0 Å². The summed E-state index contributed by atoms with van der Waals surface area (Å²) in [6, 6.07) is 6.97. The Kier molecular flexibility index (Phi) is 10.3. The number of hydrogen-bond donors (Lipinski definition) is 3. The first-order chi connectivity index (χ1) is 7.33. The van der Waals surface area contributed by atoms with Gasteiger partial charge in [-0.05, 0) is 12.1 Å². The Balaban J connectivity index is 0. The van der Waals surface area contributed by atoms with Gasteiger partial charge in [-0.15, -0.1) is 0 Å². The zero-order chi connectivity index (χ0) is 12.6. The van der Waals surface area contributed by atoms with Crippen molar-refractivity contribution in [2.45, 2.75) is 0 Å². The van der Waals surface area contributed by atoms with Gasteiger partial charge < -0.3 is 25.3 Å². The van der Waals surface area contributed by atoms with Crippen LogP contribution < -0.4 is 11.1 Å². The summed E-state index contributed by atoms with van der Waals surface area (Å²) >= 11 is 0. The standard InChI is InChI=1S/C8H12N2O.H2O4S.Pt/c9-4-5-10-7-2-1-3-8(11)6-7;1-5(2,3)4;/h1-3,6,10-11H,4-5,9H2;(H2,1,2,3,4);/q;;+2/p-2. The van der Waals surface area contributed by atoms with Crippen LogP contribution in [-0.4, -0.2) is 35.7 Å². The summed E-state index contributed by atoms with van der Waals surface area (Å²) in [4.78, 5) is 0. The molecular formula is C8H12N2O5PtS. The number of rotatable bonds is 3. The van der Waals surface area contributed by atoms with E-state index in [0.29, 0.717) is 6.54 Å². The topological polar surface area (TPSA) is 139 Å². The maximum absolute atomic E-state index is 9.04. The minimum Gasteiger partial charge on any atom is -0.759 e. The van der Waals surface area contributed by atoms with Crippen LogP contribution in [0.3, 0.4) is 0 Å². The Morgan fingerprint density at radius 3 is 2.29 bits per heavy atom. The number of anilines is 1. The number of phenols is 1. The summed E-state index contributed by atoms with van der Waals surface area (Å²) in [6.45, 7) is 1.32. The van der Waals surface area contributed by atoms with E-state index in [-0.39, 0.29) is 26.8 Å². The number of aromatic hydroxyl groups is 1. The molecule has 0 unspecified atom stereocenters. The molecule has 0 aliphatic rings. The van der Waals surface area contributed by atoms with Crippen molar-refractivity contribution in [3.05, 3.63) is 24.3 Å². The van der Waals surface area contributed by atoms with Crippen molar-refractivity contribution in [3.8, 4) is 5.75 Å². The summed E-state index contributed by atoms with van der Waals surface area (Å²) in [5, 5.41) is 12.1. The molecule has 9 heteroatoms. The fraction of sp³-hybridized carbons (Fsp3) is 0.250. The molecule has 17 heavy (non-hydrogen) atoms. The molecule has 7 nitrogen and oxygen atoms in total. The smallest absolute Gasteiger partial charge is 0.759 e. The first kappa shape index (κ1) is 18.7. The largest absolute Gasteiger partial charge is 2.00 e. The van der Waals surface area contributed by atoms with Crippen LogP contribution in [0.4, 0.5) is 5.69 Å². The van der Waals surface area contributed by atoms with Crippen molar-refractivity contribution in [3.63, 3.8) is 0 Å². The second-order valence-electron chi connectivity index (χ2n) is 2.67. The third-order valence-electron chi connectivity index (χ3n) is 1.32. The molecular weight excluding hydrogens is 431 g/mol. The van der Waals surface area contributed by atoms with Crippen LogP contribution in [0.15, 0.2) is 24.3 Å². The Labute approximate surface area is 114 Å². The number of hydrogen-bond acceptors (Lipinski definition) is 7. The van der Waals surface area contributed by atoms with Gasteiger partial charge in [0.05, 0.1) is 0 Å². The van der Waals surface area contributed by atoms with Crippen LogP contribution >= 0.6 is 0 Å². The van der Waals surface area contributed by atoms with Crippen molar-refractivity contribution in [2.24, 2.45) is 5.73 Å². The Bertz CT molecular complexity index is 404. The maximum atomic E-state index is 9.04. The zero-order valence-corrected chi connectivity index (χ0v) is 11.7. The van der Waals surface area contributed by atoms with E-state index in [9.17, 15) is 0 Å². The molecule has 0 amide bonds. The van der Waals surface area contributed by atoms with Gasteiger partial charge in [-0.2, -0.15) is 0 Å². The molecule has 0 atom stereocenters. The molecule has 4 N–H and O–H groups in total. The molecule has 0 spiro atoms. The van der Waals surface area contributed by atoms with E-state index in [1.807, 2.05) is 6.07 Å². The molecule has 1 aromatic carbocycles. The van der Waals surface area contributed by atoms with Gasteiger partial charge in [0, 0.05) is 35.2 Å². The molecule has 0 fully saturated rings. The SMILES string of the molecule is NCCNc1cccc(O)c1.O=S(=O)([O-])[O-].[Pt+2]. The van der Waals surface area contributed by atoms with Gasteiger partial charge in [0.25, 0.3) is 0 Å². The van der Waals surface area contributed by atoms with Crippen LogP contribution in [0, 0.1) is 0 Å². The van der Waals surface area contributed by atoms with Crippen LogP contribution in [0.1, 0.15) is 0 Å². The fourth-order valence-corrected chi connectivity index (χ4v) is 0.832. The monoisotopic (exact) mass is 443 g/mol. The fourth-order valence-electron chi connectivity index (χ4n) is 0.832. The van der Waals surface area contributed by atoms with E-state index in [1.54, 1.807) is 18.2 Å². The number of phenolic OH excluding ortho intramolecular Hbond substituents is 1. The Hall–Kier alpha value is -0.662. The Morgan fingerprint density at radius 1 is 1.35 bits per heavy atom. The van der Waals surface area contributed by atoms with Crippen molar-refractivity contribution in [2.75, 3.05) is 18.4 Å². The predicted octanol–water partition coefficient (Wildman–Crippen LogP) is -0.578. The predicted molar refractivity (Wildman–Crippen MR) is 56.1 cm³/mol. The minimum absolute atomic E-state index is 0. The summed E-state index contributed by atoms with van der Waals surface area (Å²) in [7, 11) is -5.17. The molecule has 0 aliphatic carbocycles. The number of nitrogens with one attached hydrogen (secondary N) is 1. The molecule has 100 valence electrons. The van der Waals surface area contributed by atoms with E-state index in [1.165, 1.54) is 0 Å². The van der Waals surface area contributed by atoms with Crippen molar-refractivity contribution >= 4 is 16.1 Å². The van der Waals surface area contributed by atoms with Crippen molar-refractivity contribution < 1.29 is 43.7 Å². The van der Waals surface area contributed by atoms with Crippen molar-refractivity contribution in [1.29, 1.82) is 0 Å². The number of nitrogens with two attached hydrogens (primary N) is 1. The van der Waals surface area contributed by atoms with Gasteiger partial charge in [0.2, 0.25) is 0 Å². The molecule has 0 radical (unpaired) electrons. The molecule has 0 aromatic heterocycles. The van der Waals surface area contributed by atoms with Gasteiger partial charge in [0.15, 0.2) is 0 Å². The van der Waals surface area contributed by atoms with E-state index >= 15 is 0 Å². The average molecular weight is 443 g/mol. The zero-order valence-electron chi connectivity index (χ0n) is 8.61. The minimum atomic E-state index is -5.17. The molecule has 0 heterocycles. The molecule has 0 aliphatic heterocycles. The van der Waals surface area contributed by atoms with E-state index in [0.717, 1.165) is 12.2 Å². The van der Waals surface area contributed by atoms with Gasteiger partial charge in [0.1, 0.15) is 5.75 Å². The van der Waals surface area contributed by atoms with E-state index in [4.69, 9.17) is 28.4 Å². The summed E-state index contributed by atoms with van der Waals surface area (Å²) in [6.07, 6.45) is 0. The van der Waals surface area contributed by atoms with Crippen molar-refractivity contribution in [1.82, 2.24) is 0 Å². The summed E-state index contributed by atoms with van der Waals surface area (Å²) in [5.41, 5.74) is 6.19. The van der Waals surface area contributed by atoms with Gasteiger partial charge >= 0.3 is 21.1 Å². The van der Waals surface area contributed by atoms with Crippen LogP contribution in [0.2, 0.25) is 0 Å². The van der Waals surface area contributed by atoms with Gasteiger partial charge in [-0.25, -0.2) is 0 Å². The quantitative estimate of drug-likeness (QED) is 0.420. The average Bonchev–Trinajstić information content (AvgIpc) is 2.12. The maximum Gasteiger partial charge on any atom is 2.00 e. The second kappa shape index (κ2) is 9.38. The molecule has 1 aromatic rings. The number of benzene rings is 1. The molecule has 0 bridgehead atoms. The summed E-state index contributed by atoms with van der Waals surface area (Å²) < 4.78 is 34.1. The van der Waals surface area contributed by atoms with E-state index < -0.39 is 10.4 Å². The normalized spacial score (nSPS) is 9.59. The summed E-state index contributed by atoms with van der Waals surface area (Å²) in [5.74, 6) is 0.270. The van der Waals surface area contributed by atoms with E-state index in [2.05, 4.69) is 5.32 Å². The molecule has 0 saturated heterocycles. The van der Waals surface area contributed by atoms with Gasteiger partial charge in [-0.3, -0.25) is 8.42 Å². The van der Waals surface area contributed by atoms with Gasteiger partial charge in [-0.1, -0.05) is 6.07 Å².